The van der Waals surface area contributed by atoms with Gasteiger partial charge < -0.3 is 24.2 Å². The highest BCUT2D eigenvalue weighted by Gasteiger charge is 2.31. The molecule has 1 aliphatic rings. The van der Waals surface area contributed by atoms with E-state index in [4.69, 9.17) is 14.2 Å². The number of nitrogens with one attached hydrogen (secondary N) is 1. The van der Waals surface area contributed by atoms with Gasteiger partial charge in [-0.25, -0.2) is 4.79 Å². The first-order valence-corrected chi connectivity index (χ1v) is 11.8. The fourth-order valence-electron chi connectivity index (χ4n) is 3.82. The van der Waals surface area contributed by atoms with Crippen LogP contribution in [0.1, 0.15) is 61.4 Å². The van der Waals surface area contributed by atoms with E-state index in [9.17, 15) is 19.5 Å². The number of aliphatic hydroxyl groups is 1. The molecule has 1 atom stereocenters. The largest absolute Gasteiger partial charge is 0.493 e. The van der Waals surface area contributed by atoms with Crippen LogP contribution in [0.2, 0.25) is 0 Å². The van der Waals surface area contributed by atoms with Gasteiger partial charge in [-0.1, -0.05) is 12.7 Å². The van der Waals surface area contributed by atoms with Gasteiger partial charge in [-0.05, 0) is 57.6 Å². The zero-order valence-electron chi connectivity index (χ0n) is 20.1. The molecule has 1 aromatic rings. The lowest BCUT2D eigenvalue weighted by molar-refractivity contribution is -0.143. The standard InChI is InChI=1S/C25H36N2O7/c1-4-13-34-25(31)26-21-16-22(33-14-8-6-7-11-23(29)32-5-2)18(3)15-20(21)24(30)27-12-9-10-19(27)17-28/h4,15-16,19,28H,1,5-14,17H2,2-3H3,(H,26,31)/t19-/m0/s1. The van der Waals surface area contributed by atoms with Crippen molar-refractivity contribution in [2.75, 3.05) is 38.3 Å². The van der Waals surface area contributed by atoms with E-state index in [0.29, 0.717) is 37.5 Å². The second-order valence-corrected chi connectivity index (χ2v) is 8.12. The maximum absolute atomic E-state index is 13.3. The Labute approximate surface area is 201 Å². The van der Waals surface area contributed by atoms with Gasteiger partial charge in [-0.3, -0.25) is 14.9 Å². The molecule has 1 heterocycles. The van der Waals surface area contributed by atoms with Crippen LogP contribution in [0.25, 0.3) is 0 Å². The van der Waals surface area contributed by atoms with Gasteiger partial charge in [0, 0.05) is 19.0 Å². The second kappa shape index (κ2) is 14.2. The number of amides is 2. The first kappa shape index (κ1) is 27.2. The molecule has 1 saturated heterocycles. The highest BCUT2D eigenvalue weighted by molar-refractivity contribution is 6.03. The number of aryl methyl sites for hydroxylation is 1. The summed E-state index contributed by atoms with van der Waals surface area (Å²) in [6.07, 6.45) is 4.96. The number of anilines is 1. The Morgan fingerprint density at radius 3 is 2.74 bits per heavy atom. The molecule has 0 spiro atoms. The van der Waals surface area contributed by atoms with Crippen LogP contribution in [0.4, 0.5) is 10.5 Å². The molecule has 0 bridgehead atoms. The molecule has 1 fully saturated rings. The van der Waals surface area contributed by atoms with Crippen molar-refractivity contribution in [3.8, 4) is 5.75 Å². The van der Waals surface area contributed by atoms with Gasteiger partial charge in [0.2, 0.25) is 0 Å². The molecule has 0 unspecified atom stereocenters. The minimum absolute atomic E-state index is 0.0365. The van der Waals surface area contributed by atoms with Gasteiger partial charge in [0.15, 0.2) is 0 Å². The third-order valence-electron chi connectivity index (χ3n) is 5.55. The van der Waals surface area contributed by atoms with Gasteiger partial charge in [-0.2, -0.15) is 0 Å². The number of rotatable bonds is 13. The molecule has 9 heteroatoms. The quantitative estimate of drug-likeness (QED) is 0.253. The van der Waals surface area contributed by atoms with Crippen LogP contribution in [0.5, 0.6) is 5.75 Å². The summed E-state index contributed by atoms with van der Waals surface area (Å²) >= 11 is 0. The average Bonchev–Trinajstić information content (AvgIpc) is 3.30. The molecule has 0 radical (unpaired) electrons. The van der Waals surface area contributed by atoms with Gasteiger partial charge >= 0.3 is 12.1 Å². The number of carbonyl (C=O) groups excluding carboxylic acids is 3. The van der Waals surface area contributed by atoms with E-state index >= 15 is 0 Å². The average molecular weight is 477 g/mol. The fraction of sp³-hybridized carbons (Fsp3) is 0.560. The Morgan fingerprint density at radius 1 is 1.24 bits per heavy atom. The summed E-state index contributed by atoms with van der Waals surface area (Å²) in [7, 11) is 0. The van der Waals surface area contributed by atoms with Gasteiger partial charge in [0.25, 0.3) is 5.91 Å². The maximum Gasteiger partial charge on any atom is 0.411 e. The second-order valence-electron chi connectivity index (χ2n) is 8.12. The Hall–Kier alpha value is -3.07. The number of ether oxygens (including phenoxy) is 3. The van der Waals surface area contributed by atoms with E-state index in [2.05, 4.69) is 11.9 Å². The van der Waals surface area contributed by atoms with Crippen LogP contribution in [-0.4, -0.2) is 67.0 Å². The minimum Gasteiger partial charge on any atom is -0.493 e. The van der Waals surface area contributed by atoms with Crippen molar-refractivity contribution < 1.29 is 33.7 Å². The number of hydrogen-bond acceptors (Lipinski definition) is 7. The van der Waals surface area contributed by atoms with Crippen molar-refractivity contribution in [3.63, 3.8) is 0 Å². The molecule has 0 aliphatic carbocycles. The van der Waals surface area contributed by atoms with E-state index in [1.807, 2.05) is 6.92 Å². The van der Waals surface area contributed by atoms with Crippen LogP contribution in [0, 0.1) is 6.92 Å². The Bertz CT molecular complexity index is 856. The molecule has 34 heavy (non-hydrogen) atoms. The summed E-state index contributed by atoms with van der Waals surface area (Å²) in [5.41, 5.74) is 1.35. The van der Waals surface area contributed by atoms with E-state index in [1.54, 1.807) is 24.0 Å². The normalized spacial score (nSPS) is 15.0. The van der Waals surface area contributed by atoms with Crippen molar-refractivity contribution >= 4 is 23.7 Å². The summed E-state index contributed by atoms with van der Waals surface area (Å²) in [6, 6.07) is 3.08. The third-order valence-corrected chi connectivity index (χ3v) is 5.55. The highest BCUT2D eigenvalue weighted by atomic mass is 16.5. The van der Waals surface area contributed by atoms with E-state index in [1.165, 1.54) is 6.08 Å². The van der Waals surface area contributed by atoms with Crippen molar-refractivity contribution in [1.29, 1.82) is 0 Å². The predicted octanol–water partition coefficient (Wildman–Crippen LogP) is 3.83. The SMILES string of the molecule is C=CCOC(=O)Nc1cc(OCCCCCC(=O)OCC)c(C)cc1C(=O)N1CCC[C@H]1CO. The molecule has 2 N–H and O–H groups in total. The number of carbonyl (C=O) groups is 3. The zero-order chi connectivity index (χ0) is 24.9. The molecular formula is C25H36N2O7. The molecule has 1 aliphatic heterocycles. The van der Waals surface area contributed by atoms with Crippen LogP contribution in [0.15, 0.2) is 24.8 Å². The summed E-state index contributed by atoms with van der Waals surface area (Å²) in [6.45, 7) is 8.43. The number of aliphatic hydroxyl groups excluding tert-OH is 1. The Morgan fingerprint density at radius 2 is 2.03 bits per heavy atom. The molecule has 2 rings (SSSR count). The van der Waals surface area contributed by atoms with Crippen molar-refractivity contribution in [2.24, 2.45) is 0 Å². The van der Waals surface area contributed by atoms with Crippen molar-refractivity contribution in [3.05, 3.63) is 35.9 Å². The van der Waals surface area contributed by atoms with Crippen molar-refractivity contribution in [2.45, 2.75) is 58.4 Å². The summed E-state index contributed by atoms with van der Waals surface area (Å²) < 4.78 is 15.8. The van der Waals surface area contributed by atoms with Crippen LogP contribution in [0.3, 0.4) is 0 Å². The topological polar surface area (TPSA) is 114 Å². The van der Waals surface area contributed by atoms with Gasteiger partial charge in [-0.15, -0.1) is 0 Å². The van der Waals surface area contributed by atoms with Crippen LogP contribution in [-0.2, 0) is 14.3 Å². The number of unbranched alkanes of at least 4 members (excludes halogenated alkanes) is 2. The Balaban J connectivity index is 2.09. The lowest BCUT2D eigenvalue weighted by Gasteiger charge is -2.25. The van der Waals surface area contributed by atoms with E-state index < -0.39 is 6.09 Å². The molecule has 0 aromatic heterocycles. The van der Waals surface area contributed by atoms with Crippen LogP contribution < -0.4 is 10.1 Å². The lowest BCUT2D eigenvalue weighted by Crippen LogP contribution is -2.38. The zero-order valence-corrected chi connectivity index (χ0v) is 20.1. The molecular weight excluding hydrogens is 440 g/mol. The number of benzene rings is 1. The van der Waals surface area contributed by atoms with Gasteiger partial charge in [0.1, 0.15) is 12.4 Å². The first-order valence-electron chi connectivity index (χ1n) is 11.8. The highest BCUT2D eigenvalue weighted by Crippen LogP contribution is 2.30. The maximum atomic E-state index is 13.3. The van der Waals surface area contributed by atoms with E-state index in [-0.39, 0.29) is 36.8 Å². The molecule has 9 nitrogen and oxygen atoms in total. The predicted molar refractivity (Wildman–Crippen MR) is 128 cm³/mol. The molecule has 2 amide bonds. The smallest absolute Gasteiger partial charge is 0.411 e. The number of likely N-dealkylation sites (tertiary alicyclic amines) is 1. The molecule has 0 saturated carbocycles. The number of hydrogen-bond donors (Lipinski definition) is 2. The monoisotopic (exact) mass is 476 g/mol. The van der Waals surface area contributed by atoms with Crippen molar-refractivity contribution in [1.82, 2.24) is 4.90 Å². The number of esters is 1. The fourth-order valence-corrected chi connectivity index (χ4v) is 3.82. The van der Waals surface area contributed by atoms with Gasteiger partial charge in [0.05, 0.1) is 37.1 Å². The Kier molecular flexibility index (Phi) is 11.4. The summed E-state index contributed by atoms with van der Waals surface area (Å²) in [5, 5.41) is 12.3. The third kappa shape index (κ3) is 8.06. The van der Waals surface area contributed by atoms with E-state index in [0.717, 1.165) is 37.7 Å². The minimum atomic E-state index is -0.706. The summed E-state index contributed by atoms with van der Waals surface area (Å²) in [4.78, 5) is 38.5. The molecule has 188 valence electrons. The molecule has 1 aromatic carbocycles. The first-order chi connectivity index (χ1) is 16.4. The lowest BCUT2D eigenvalue weighted by atomic mass is 10.1. The number of nitrogens with zero attached hydrogens (tertiary/aromatic N) is 1. The van der Waals surface area contributed by atoms with Crippen LogP contribution >= 0.6 is 0 Å². The summed E-state index contributed by atoms with van der Waals surface area (Å²) in [5.74, 6) is 0.0882.